The van der Waals surface area contributed by atoms with E-state index in [-0.39, 0.29) is 18.8 Å². The van der Waals surface area contributed by atoms with Crippen LogP contribution in [0.25, 0.3) is 10.9 Å². The van der Waals surface area contributed by atoms with Crippen molar-refractivity contribution >= 4 is 28.2 Å². The van der Waals surface area contributed by atoms with Gasteiger partial charge in [-0.05, 0) is 30.7 Å². The number of nitrogens with zero attached hydrogens (tertiary/aromatic N) is 2. The number of halogens is 1. The highest BCUT2D eigenvalue weighted by atomic mass is 35.5. The van der Waals surface area contributed by atoms with Gasteiger partial charge in [-0.2, -0.15) is 0 Å². The number of benzene rings is 1. The van der Waals surface area contributed by atoms with Gasteiger partial charge in [-0.3, -0.25) is 4.98 Å². The zero-order valence-corrected chi connectivity index (χ0v) is 12.0. The van der Waals surface area contributed by atoms with E-state index in [0.717, 1.165) is 29.6 Å². The molecule has 1 saturated heterocycles. The number of fused-ring (bicyclic) bond motifs is 1. The summed E-state index contributed by atoms with van der Waals surface area (Å²) in [5.74, 6) is 0. The summed E-state index contributed by atoms with van der Waals surface area (Å²) in [6.45, 7) is 0.904. The lowest BCUT2D eigenvalue weighted by Gasteiger charge is -2.26. The zero-order chi connectivity index (χ0) is 14.1. The van der Waals surface area contributed by atoms with Crippen molar-refractivity contribution in [3.8, 4) is 0 Å². The van der Waals surface area contributed by atoms with Crippen molar-refractivity contribution in [3.05, 3.63) is 35.5 Å². The van der Waals surface area contributed by atoms with Gasteiger partial charge in [0.2, 0.25) is 0 Å². The Hall–Kier alpha value is -1.36. The molecule has 2 heterocycles. The Morgan fingerprint density at radius 1 is 1.45 bits per heavy atom. The van der Waals surface area contributed by atoms with E-state index < -0.39 is 0 Å². The molecule has 1 aromatic carbocycles. The summed E-state index contributed by atoms with van der Waals surface area (Å²) in [5, 5.41) is 11.3. The lowest BCUT2D eigenvalue weighted by molar-refractivity contribution is 0.115. The van der Waals surface area contributed by atoms with Crippen LogP contribution in [0.4, 0.5) is 5.69 Å². The third-order valence-electron chi connectivity index (χ3n) is 3.91. The minimum Gasteiger partial charge on any atom is -0.394 e. The average molecular weight is 293 g/mol. The van der Waals surface area contributed by atoms with Crippen LogP contribution in [0.2, 0.25) is 5.02 Å². The Kier molecular flexibility index (Phi) is 3.78. The molecule has 106 valence electrons. The predicted octanol–water partition coefficient (Wildman–Crippen LogP) is 2.47. The van der Waals surface area contributed by atoms with Crippen LogP contribution in [0.3, 0.4) is 0 Å². The summed E-state index contributed by atoms with van der Waals surface area (Å²) >= 11 is 6.02. The molecular formula is C15H17ClN2O2. The van der Waals surface area contributed by atoms with Crippen molar-refractivity contribution in [2.75, 3.05) is 25.2 Å². The second-order valence-corrected chi connectivity index (χ2v) is 5.51. The van der Waals surface area contributed by atoms with Gasteiger partial charge < -0.3 is 14.7 Å². The van der Waals surface area contributed by atoms with Crippen LogP contribution in [-0.2, 0) is 4.74 Å². The molecule has 1 aliphatic heterocycles. The first-order chi connectivity index (χ1) is 9.72. The molecule has 3 rings (SSSR count). The van der Waals surface area contributed by atoms with Crippen molar-refractivity contribution in [2.24, 2.45) is 0 Å². The Labute approximate surface area is 122 Å². The highest BCUT2D eigenvalue weighted by Gasteiger charge is 2.32. The summed E-state index contributed by atoms with van der Waals surface area (Å²) in [6, 6.07) is 7.78. The third-order valence-corrected chi connectivity index (χ3v) is 4.15. The van der Waals surface area contributed by atoms with E-state index in [2.05, 4.69) is 9.88 Å². The first kappa shape index (κ1) is 13.6. The lowest BCUT2D eigenvalue weighted by atomic mass is 10.1. The van der Waals surface area contributed by atoms with Gasteiger partial charge in [0.05, 0.1) is 24.3 Å². The van der Waals surface area contributed by atoms with Crippen LogP contribution in [0.5, 0.6) is 0 Å². The molecule has 20 heavy (non-hydrogen) atoms. The molecule has 1 N–H and O–H groups in total. The van der Waals surface area contributed by atoms with Crippen LogP contribution in [0.1, 0.15) is 6.42 Å². The SMILES string of the molecule is CO[C@@H]1C[C@@H](CO)N(c2ccnc3cc(Cl)ccc23)C1. The molecule has 1 aromatic heterocycles. The monoisotopic (exact) mass is 292 g/mol. The smallest absolute Gasteiger partial charge is 0.0766 e. The zero-order valence-electron chi connectivity index (χ0n) is 11.3. The molecule has 0 bridgehead atoms. The van der Waals surface area contributed by atoms with E-state index in [0.29, 0.717) is 5.02 Å². The quantitative estimate of drug-likeness (QED) is 0.944. The molecule has 0 amide bonds. The fourth-order valence-corrected chi connectivity index (χ4v) is 3.04. The summed E-state index contributed by atoms with van der Waals surface area (Å²) in [6.07, 6.45) is 2.77. The van der Waals surface area contributed by atoms with E-state index in [1.807, 2.05) is 24.3 Å². The molecule has 4 nitrogen and oxygen atoms in total. The maximum Gasteiger partial charge on any atom is 0.0766 e. The lowest BCUT2D eigenvalue weighted by Crippen LogP contribution is -2.32. The summed E-state index contributed by atoms with van der Waals surface area (Å²) in [7, 11) is 1.72. The van der Waals surface area contributed by atoms with Crippen LogP contribution in [0.15, 0.2) is 30.5 Å². The topological polar surface area (TPSA) is 45.6 Å². The second kappa shape index (κ2) is 5.56. The Bertz CT molecular complexity index is 620. The van der Waals surface area contributed by atoms with Gasteiger partial charge in [0.15, 0.2) is 0 Å². The second-order valence-electron chi connectivity index (χ2n) is 5.07. The predicted molar refractivity (Wildman–Crippen MR) is 80.4 cm³/mol. The van der Waals surface area contributed by atoms with Gasteiger partial charge >= 0.3 is 0 Å². The Balaban J connectivity index is 2.05. The van der Waals surface area contributed by atoms with Gasteiger partial charge in [0.25, 0.3) is 0 Å². The van der Waals surface area contributed by atoms with Gasteiger partial charge in [-0.1, -0.05) is 11.6 Å². The van der Waals surface area contributed by atoms with Crippen molar-refractivity contribution in [2.45, 2.75) is 18.6 Å². The fourth-order valence-electron chi connectivity index (χ4n) is 2.87. The molecule has 1 aliphatic rings. The van der Waals surface area contributed by atoms with Crippen LogP contribution < -0.4 is 4.90 Å². The van der Waals surface area contributed by atoms with Crippen molar-refractivity contribution in [1.29, 1.82) is 0 Å². The van der Waals surface area contributed by atoms with E-state index in [9.17, 15) is 5.11 Å². The third kappa shape index (κ3) is 2.35. The van der Waals surface area contributed by atoms with E-state index in [1.165, 1.54) is 0 Å². The summed E-state index contributed by atoms with van der Waals surface area (Å²) in [5.41, 5.74) is 1.94. The number of aliphatic hydroxyl groups excluding tert-OH is 1. The average Bonchev–Trinajstić information content (AvgIpc) is 2.89. The molecule has 0 aliphatic carbocycles. The van der Waals surface area contributed by atoms with Gasteiger partial charge in [-0.15, -0.1) is 0 Å². The summed E-state index contributed by atoms with van der Waals surface area (Å²) in [4.78, 5) is 6.56. The molecule has 1 fully saturated rings. The number of hydrogen-bond donors (Lipinski definition) is 1. The summed E-state index contributed by atoms with van der Waals surface area (Å²) < 4.78 is 5.44. The number of hydrogen-bond acceptors (Lipinski definition) is 4. The first-order valence-corrected chi connectivity index (χ1v) is 7.05. The standard InChI is InChI=1S/C15H17ClN2O2/c1-20-12-7-11(9-19)18(8-12)15-4-5-17-14-6-10(16)2-3-13(14)15/h2-6,11-12,19H,7-9H2,1H3/t11-,12+/m0/s1. The van der Waals surface area contributed by atoms with Crippen molar-refractivity contribution in [1.82, 2.24) is 4.98 Å². The maximum absolute atomic E-state index is 9.59. The van der Waals surface area contributed by atoms with Gasteiger partial charge in [0, 0.05) is 35.9 Å². The largest absolute Gasteiger partial charge is 0.394 e. The highest BCUT2D eigenvalue weighted by Crippen LogP contribution is 2.33. The van der Waals surface area contributed by atoms with Crippen LogP contribution in [-0.4, -0.2) is 42.5 Å². The maximum atomic E-state index is 9.59. The Morgan fingerprint density at radius 2 is 2.30 bits per heavy atom. The van der Waals surface area contributed by atoms with E-state index in [1.54, 1.807) is 13.3 Å². The normalized spacial score (nSPS) is 22.6. The van der Waals surface area contributed by atoms with Crippen molar-refractivity contribution < 1.29 is 9.84 Å². The minimum absolute atomic E-state index is 0.0845. The first-order valence-electron chi connectivity index (χ1n) is 6.67. The molecular weight excluding hydrogens is 276 g/mol. The number of ether oxygens (including phenoxy) is 1. The van der Waals surface area contributed by atoms with E-state index >= 15 is 0 Å². The number of methoxy groups -OCH3 is 1. The molecule has 2 aromatic rings. The fraction of sp³-hybridized carbons (Fsp3) is 0.400. The molecule has 5 heteroatoms. The van der Waals surface area contributed by atoms with Gasteiger partial charge in [0.1, 0.15) is 0 Å². The van der Waals surface area contributed by atoms with Crippen LogP contribution >= 0.6 is 11.6 Å². The Morgan fingerprint density at radius 3 is 3.05 bits per heavy atom. The number of aliphatic hydroxyl groups is 1. The molecule has 0 radical (unpaired) electrons. The molecule has 0 spiro atoms. The number of anilines is 1. The molecule has 2 atom stereocenters. The van der Waals surface area contributed by atoms with Gasteiger partial charge in [-0.25, -0.2) is 0 Å². The molecule has 0 unspecified atom stereocenters. The number of rotatable bonds is 3. The minimum atomic E-state index is 0.0845. The highest BCUT2D eigenvalue weighted by molar-refractivity contribution is 6.31. The van der Waals surface area contributed by atoms with Crippen molar-refractivity contribution in [3.63, 3.8) is 0 Å². The van der Waals surface area contributed by atoms with E-state index in [4.69, 9.17) is 16.3 Å². The number of pyridine rings is 1. The number of aromatic nitrogens is 1. The molecule has 0 saturated carbocycles. The van der Waals surface area contributed by atoms with Crippen LogP contribution in [0, 0.1) is 0 Å².